The van der Waals surface area contributed by atoms with Crippen molar-refractivity contribution in [2.45, 2.75) is 44.7 Å². The summed E-state index contributed by atoms with van der Waals surface area (Å²) in [7, 11) is 0. The van der Waals surface area contributed by atoms with Crippen LogP contribution in [0.15, 0.2) is 30.3 Å². The fraction of sp³-hybridized carbons (Fsp3) is 0.579. The van der Waals surface area contributed by atoms with Gasteiger partial charge >= 0.3 is 0 Å². The van der Waals surface area contributed by atoms with E-state index in [0.29, 0.717) is 19.6 Å². The lowest BCUT2D eigenvalue weighted by Crippen LogP contribution is -2.44. The zero-order valence-corrected chi connectivity index (χ0v) is 15.3. The molecule has 1 aromatic rings. The van der Waals surface area contributed by atoms with Crippen molar-refractivity contribution in [2.24, 2.45) is 17.6 Å². The lowest BCUT2D eigenvalue weighted by Gasteiger charge is -2.33. The Labute approximate surface area is 155 Å². The number of hydrogen-bond donors (Lipinski definition) is 2. The minimum absolute atomic E-state index is 0. The molecule has 1 aliphatic heterocycles. The quantitative estimate of drug-likeness (QED) is 0.857. The van der Waals surface area contributed by atoms with Crippen LogP contribution >= 0.6 is 12.4 Å². The number of piperidine rings is 1. The third kappa shape index (κ3) is 5.19. The fourth-order valence-corrected chi connectivity index (χ4v) is 3.79. The van der Waals surface area contributed by atoms with Gasteiger partial charge in [-0.2, -0.15) is 0 Å². The second-order valence-electron chi connectivity index (χ2n) is 7.07. The zero-order valence-electron chi connectivity index (χ0n) is 14.5. The molecule has 2 aliphatic rings. The van der Waals surface area contributed by atoms with Crippen LogP contribution in [0, 0.1) is 11.8 Å². The van der Waals surface area contributed by atoms with Crippen molar-refractivity contribution in [1.82, 2.24) is 10.2 Å². The summed E-state index contributed by atoms with van der Waals surface area (Å²) in [4.78, 5) is 26.8. The highest BCUT2D eigenvalue weighted by Crippen LogP contribution is 2.28. The van der Waals surface area contributed by atoms with Crippen molar-refractivity contribution < 1.29 is 9.59 Å². The SMILES string of the molecule is Cl.NC1CCC(C(=O)N2CCC(C(=O)NCc3ccccc3)CC2)C1. The Balaban J connectivity index is 0.00000225. The summed E-state index contributed by atoms with van der Waals surface area (Å²) in [5.74, 6) is 0.465. The molecule has 5 nitrogen and oxygen atoms in total. The number of benzene rings is 1. The summed E-state index contributed by atoms with van der Waals surface area (Å²) >= 11 is 0. The fourth-order valence-electron chi connectivity index (χ4n) is 3.79. The molecule has 0 radical (unpaired) electrons. The molecule has 0 bridgehead atoms. The number of carbonyl (C=O) groups excluding carboxylic acids is 2. The van der Waals surface area contributed by atoms with Gasteiger partial charge in [0.05, 0.1) is 0 Å². The van der Waals surface area contributed by atoms with Gasteiger partial charge in [0.1, 0.15) is 0 Å². The minimum atomic E-state index is 0. The second-order valence-corrected chi connectivity index (χ2v) is 7.07. The number of rotatable bonds is 4. The van der Waals surface area contributed by atoms with Crippen LogP contribution in [0.2, 0.25) is 0 Å². The van der Waals surface area contributed by atoms with E-state index >= 15 is 0 Å². The normalized spacial score (nSPS) is 23.8. The monoisotopic (exact) mass is 365 g/mol. The Kier molecular flexibility index (Phi) is 7.26. The number of carbonyl (C=O) groups is 2. The molecule has 0 spiro atoms. The van der Waals surface area contributed by atoms with E-state index in [1.807, 2.05) is 35.2 Å². The third-order valence-electron chi connectivity index (χ3n) is 5.31. The number of amides is 2. The van der Waals surface area contributed by atoms with Gasteiger partial charge in [0, 0.05) is 37.5 Å². The zero-order chi connectivity index (χ0) is 16.9. The number of hydrogen-bond acceptors (Lipinski definition) is 3. The smallest absolute Gasteiger partial charge is 0.225 e. The van der Waals surface area contributed by atoms with Gasteiger partial charge < -0.3 is 16.0 Å². The Bertz CT molecular complexity index is 573. The maximum atomic E-state index is 12.5. The van der Waals surface area contributed by atoms with Crippen LogP contribution in [0.5, 0.6) is 0 Å². The predicted octanol–water partition coefficient (Wildman–Crippen LogP) is 2.09. The predicted molar refractivity (Wildman–Crippen MR) is 100 cm³/mol. The largest absolute Gasteiger partial charge is 0.352 e. The standard InChI is InChI=1S/C19H27N3O2.ClH/c20-17-7-6-16(12-17)19(24)22-10-8-15(9-11-22)18(23)21-13-14-4-2-1-3-5-14;/h1-5,15-17H,6-13,20H2,(H,21,23);1H. The van der Waals surface area contributed by atoms with E-state index < -0.39 is 0 Å². The van der Waals surface area contributed by atoms with E-state index in [2.05, 4.69) is 5.32 Å². The van der Waals surface area contributed by atoms with E-state index in [-0.39, 0.29) is 42.1 Å². The van der Waals surface area contributed by atoms with Crippen LogP contribution < -0.4 is 11.1 Å². The maximum Gasteiger partial charge on any atom is 0.225 e. The van der Waals surface area contributed by atoms with Crippen molar-refractivity contribution in [3.8, 4) is 0 Å². The van der Waals surface area contributed by atoms with Crippen LogP contribution in [0.4, 0.5) is 0 Å². The molecule has 1 heterocycles. The van der Waals surface area contributed by atoms with Crippen molar-refractivity contribution in [2.75, 3.05) is 13.1 Å². The Morgan fingerprint density at radius 1 is 1.04 bits per heavy atom. The Morgan fingerprint density at radius 2 is 1.72 bits per heavy atom. The van der Waals surface area contributed by atoms with E-state index in [0.717, 1.165) is 37.7 Å². The van der Waals surface area contributed by atoms with Gasteiger partial charge in [-0.05, 0) is 37.7 Å². The topological polar surface area (TPSA) is 75.4 Å². The molecule has 2 amide bonds. The van der Waals surface area contributed by atoms with E-state index in [1.54, 1.807) is 0 Å². The molecule has 138 valence electrons. The first-order chi connectivity index (χ1) is 11.6. The van der Waals surface area contributed by atoms with E-state index in [9.17, 15) is 9.59 Å². The van der Waals surface area contributed by atoms with Gasteiger partial charge in [-0.15, -0.1) is 12.4 Å². The summed E-state index contributed by atoms with van der Waals surface area (Å²) in [5, 5.41) is 3.01. The molecule has 25 heavy (non-hydrogen) atoms. The average Bonchev–Trinajstić information content (AvgIpc) is 3.06. The molecule has 1 saturated carbocycles. The van der Waals surface area contributed by atoms with Crippen molar-refractivity contribution in [3.63, 3.8) is 0 Å². The Hall–Kier alpha value is -1.59. The summed E-state index contributed by atoms with van der Waals surface area (Å²) in [6.07, 6.45) is 4.19. The van der Waals surface area contributed by atoms with Gasteiger partial charge in [0.2, 0.25) is 11.8 Å². The molecule has 1 saturated heterocycles. The summed E-state index contributed by atoms with van der Waals surface area (Å²) in [5.41, 5.74) is 7.02. The minimum Gasteiger partial charge on any atom is -0.352 e. The molecular weight excluding hydrogens is 338 g/mol. The molecule has 0 aromatic heterocycles. The average molecular weight is 366 g/mol. The molecule has 3 rings (SSSR count). The summed E-state index contributed by atoms with van der Waals surface area (Å²) in [6, 6.07) is 10.1. The molecule has 1 aliphatic carbocycles. The van der Waals surface area contributed by atoms with Gasteiger partial charge in [0.25, 0.3) is 0 Å². The van der Waals surface area contributed by atoms with E-state index in [1.165, 1.54) is 0 Å². The maximum absolute atomic E-state index is 12.5. The molecule has 1 aromatic carbocycles. The van der Waals surface area contributed by atoms with Crippen LogP contribution in [-0.2, 0) is 16.1 Å². The van der Waals surface area contributed by atoms with Crippen LogP contribution in [0.25, 0.3) is 0 Å². The van der Waals surface area contributed by atoms with Gasteiger partial charge in [-0.1, -0.05) is 30.3 Å². The molecule has 6 heteroatoms. The van der Waals surface area contributed by atoms with E-state index in [4.69, 9.17) is 5.73 Å². The Morgan fingerprint density at radius 3 is 2.32 bits per heavy atom. The lowest BCUT2D eigenvalue weighted by molar-refractivity contribution is -0.139. The van der Waals surface area contributed by atoms with Gasteiger partial charge in [-0.25, -0.2) is 0 Å². The first-order valence-electron chi connectivity index (χ1n) is 8.99. The number of likely N-dealkylation sites (tertiary alicyclic amines) is 1. The van der Waals surface area contributed by atoms with Gasteiger partial charge in [0.15, 0.2) is 0 Å². The van der Waals surface area contributed by atoms with Crippen LogP contribution in [-0.4, -0.2) is 35.8 Å². The number of nitrogens with one attached hydrogen (secondary N) is 1. The highest BCUT2D eigenvalue weighted by Gasteiger charge is 2.33. The molecule has 2 unspecified atom stereocenters. The molecular formula is C19H28ClN3O2. The molecule has 2 fully saturated rings. The highest BCUT2D eigenvalue weighted by atomic mass is 35.5. The van der Waals surface area contributed by atoms with Gasteiger partial charge in [-0.3, -0.25) is 9.59 Å². The number of halogens is 1. The van der Waals surface area contributed by atoms with Crippen LogP contribution in [0.1, 0.15) is 37.7 Å². The number of nitrogens with two attached hydrogens (primary N) is 1. The summed E-state index contributed by atoms with van der Waals surface area (Å²) in [6.45, 7) is 1.95. The second kappa shape index (κ2) is 9.20. The first kappa shape index (κ1) is 19.7. The number of nitrogens with zero attached hydrogens (tertiary/aromatic N) is 1. The van der Waals surface area contributed by atoms with Crippen molar-refractivity contribution >= 4 is 24.2 Å². The molecule has 2 atom stereocenters. The summed E-state index contributed by atoms with van der Waals surface area (Å²) < 4.78 is 0. The third-order valence-corrected chi connectivity index (χ3v) is 5.31. The molecule has 3 N–H and O–H groups in total. The highest BCUT2D eigenvalue weighted by molar-refractivity contribution is 5.85. The van der Waals surface area contributed by atoms with Crippen molar-refractivity contribution in [3.05, 3.63) is 35.9 Å². The van der Waals surface area contributed by atoms with Crippen molar-refractivity contribution in [1.29, 1.82) is 0 Å². The van der Waals surface area contributed by atoms with Crippen LogP contribution in [0.3, 0.4) is 0 Å². The lowest BCUT2D eigenvalue weighted by atomic mass is 9.94. The first-order valence-corrected chi connectivity index (χ1v) is 8.99.